The van der Waals surface area contributed by atoms with Gasteiger partial charge in [0.15, 0.2) is 11.5 Å². The summed E-state index contributed by atoms with van der Waals surface area (Å²) in [5.41, 5.74) is 1.67. The Kier molecular flexibility index (Phi) is 3.81. The summed E-state index contributed by atoms with van der Waals surface area (Å²) < 4.78 is 11.4. The van der Waals surface area contributed by atoms with Crippen LogP contribution in [0.4, 0.5) is 0 Å². The third kappa shape index (κ3) is 2.46. The Hall–Kier alpha value is -1.62. The first-order valence-electron chi connectivity index (χ1n) is 5.38. The summed E-state index contributed by atoms with van der Waals surface area (Å²) in [6.45, 7) is 1.85. The summed E-state index contributed by atoms with van der Waals surface area (Å²) in [5, 5.41) is 0. The van der Waals surface area contributed by atoms with Gasteiger partial charge in [0.1, 0.15) is 10.4 Å². The molecule has 0 fully saturated rings. The molecule has 0 saturated carbocycles. The Labute approximate surface area is 114 Å². The Morgan fingerprint density at radius 2 is 1.89 bits per heavy atom. The molecule has 0 saturated heterocycles. The van der Waals surface area contributed by atoms with Crippen molar-refractivity contribution in [2.45, 2.75) is 6.92 Å². The van der Waals surface area contributed by atoms with E-state index in [0.29, 0.717) is 17.3 Å². The van der Waals surface area contributed by atoms with E-state index in [2.05, 4.69) is 25.9 Å². The smallest absolute Gasteiger partial charge is 0.170 e. The molecule has 0 atom stereocenters. The van der Waals surface area contributed by atoms with Gasteiger partial charge in [0.25, 0.3) is 0 Å². The average Bonchev–Trinajstić information content (AvgIpc) is 2.36. The quantitative estimate of drug-likeness (QED) is 0.817. The van der Waals surface area contributed by atoms with Gasteiger partial charge in [0.2, 0.25) is 0 Å². The van der Waals surface area contributed by atoms with Gasteiger partial charge in [-0.05, 0) is 41.1 Å². The highest BCUT2D eigenvalue weighted by Gasteiger charge is 2.13. The number of rotatable bonds is 3. The van der Waals surface area contributed by atoms with Gasteiger partial charge in [-0.3, -0.25) is 0 Å². The van der Waals surface area contributed by atoms with Crippen LogP contribution in [-0.4, -0.2) is 24.2 Å². The largest absolute Gasteiger partial charge is 0.493 e. The zero-order valence-corrected chi connectivity index (χ0v) is 12.0. The molecular weight excluding hydrogens is 296 g/mol. The van der Waals surface area contributed by atoms with Crippen LogP contribution in [0.1, 0.15) is 5.82 Å². The molecule has 0 aliphatic heterocycles. The first kappa shape index (κ1) is 12.8. The molecule has 4 nitrogen and oxygen atoms in total. The first-order chi connectivity index (χ1) is 8.65. The topological polar surface area (TPSA) is 44.2 Å². The highest BCUT2D eigenvalue weighted by Crippen LogP contribution is 2.37. The lowest BCUT2D eigenvalue weighted by molar-refractivity contribution is 0.356. The average molecular weight is 309 g/mol. The van der Waals surface area contributed by atoms with E-state index in [1.165, 1.54) is 0 Å². The maximum absolute atomic E-state index is 5.40. The van der Waals surface area contributed by atoms with Crippen molar-refractivity contribution in [1.82, 2.24) is 9.97 Å². The zero-order chi connectivity index (χ0) is 13.1. The predicted octanol–water partition coefficient (Wildman–Crippen LogP) is 3.23. The van der Waals surface area contributed by atoms with E-state index in [9.17, 15) is 0 Å². The van der Waals surface area contributed by atoms with E-state index in [0.717, 1.165) is 15.9 Å². The zero-order valence-electron chi connectivity index (χ0n) is 10.4. The first-order valence-corrected chi connectivity index (χ1v) is 6.17. The second-order valence-electron chi connectivity index (χ2n) is 3.66. The minimum absolute atomic E-state index is 0.671. The molecule has 0 N–H and O–H groups in total. The molecule has 0 aliphatic carbocycles. The highest BCUT2D eigenvalue weighted by atomic mass is 79.9. The van der Waals surface area contributed by atoms with Gasteiger partial charge in [-0.1, -0.05) is 6.07 Å². The van der Waals surface area contributed by atoms with Gasteiger partial charge in [0, 0.05) is 5.56 Å². The summed E-state index contributed by atoms with van der Waals surface area (Å²) in [6.07, 6.45) is 0. The lowest BCUT2D eigenvalue weighted by atomic mass is 10.1. The number of methoxy groups -OCH3 is 2. The van der Waals surface area contributed by atoms with E-state index in [1.807, 2.05) is 31.2 Å². The SMILES string of the molecule is COc1cccc(-c2cc(Br)nc(C)n2)c1OC. The van der Waals surface area contributed by atoms with Crippen LogP contribution < -0.4 is 9.47 Å². The Morgan fingerprint density at radius 1 is 1.11 bits per heavy atom. The maximum atomic E-state index is 5.40. The predicted molar refractivity (Wildman–Crippen MR) is 73.0 cm³/mol. The molecule has 0 radical (unpaired) electrons. The molecule has 2 rings (SSSR count). The minimum atomic E-state index is 0.671. The summed E-state index contributed by atoms with van der Waals surface area (Å²) in [5.74, 6) is 2.05. The number of hydrogen-bond acceptors (Lipinski definition) is 4. The van der Waals surface area contributed by atoms with Crippen LogP contribution in [0, 0.1) is 6.92 Å². The van der Waals surface area contributed by atoms with Crippen molar-refractivity contribution in [3.05, 3.63) is 34.7 Å². The van der Waals surface area contributed by atoms with Crippen LogP contribution in [0.2, 0.25) is 0 Å². The Bertz CT molecular complexity index is 553. The number of benzene rings is 1. The Morgan fingerprint density at radius 3 is 2.50 bits per heavy atom. The number of nitrogens with zero attached hydrogens (tertiary/aromatic N) is 2. The minimum Gasteiger partial charge on any atom is -0.493 e. The lowest BCUT2D eigenvalue weighted by Gasteiger charge is -2.12. The fourth-order valence-electron chi connectivity index (χ4n) is 1.76. The van der Waals surface area contributed by atoms with E-state index in [1.54, 1.807) is 14.2 Å². The molecule has 1 heterocycles. The van der Waals surface area contributed by atoms with Crippen molar-refractivity contribution >= 4 is 15.9 Å². The van der Waals surface area contributed by atoms with Gasteiger partial charge >= 0.3 is 0 Å². The van der Waals surface area contributed by atoms with Gasteiger partial charge in [-0.15, -0.1) is 0 Å². The molecule has 2 aromatic rings. The summed E-state index contributed by atoms with van der Waals surface area (Å²) >= 11 is 3.37. The van der Waals surface area contributed by atoms with E-state index in [4.69, 9.17) is 9.47 Å². The second kappa shape index (κ2) is 5.35. The molecule has 0 unspecified atom stereocenters. The van der Waals surface area contributed by atoms with Crippen molar-refractivity contribution in [3.63, 3.8) is 0 Å². The summed E-state index contributed by atoms with van der Waals surface area (Å²) in [4.78, 5) is 8.60. The lowest BCUT2D eigenvalue weighted by Crippen LogP contribution is -1.96. The number of halogens is 1. The number of aryl methyl sites for hydroxylation is 1. The monoisotopic (exact) mass is 308 g/mol. The van der Waals surface area contributed by atoms with Crippen LogP contribution in [-0.2, 0) is 0 Å². The number of ether oxygens (including phenoxy) is 2. The molecular formula is C13H13BrN2O2. The van der Waals surface area contributed by atoms with Crippen LogP contribution in [0.5, 0.6) is 11.5 Å². The normalized spacial score (nSPS) is 10.2. The summed E-state index contributed by atoms with van der Waals surface area (Å²) in [7, 11) is 3.23. The molecule has 1 aromatic carbocycles. The second-order valence-corrected chi connectivity index (χ2v) is 4.48. The van der Waals surface area contributed by atoms with Crippen LogP contribution >= 0.6 is 15.9 Å². The van der Waals surface area contributed by atoms with Crippen LogP contribution in [0.15, 0.2) is 28.9 Å². The molecule has 1 aromatic heterocycles. The third-order valence-electron chi connectivity index (χ3n) is 2.49. The fourth-order valence-corrected chi connectivity index (χ4v) is 2.23. The van der Waals surface area contributed by atoms with E-state index >= 15 is 0 Å². The highest BCUT2D eigenvalue weighted by molar-refractivity contribution is 9.10. The van der Waals surface area contributed by atoms with Crippen LogP contribution in [0.25, 0.3) is 11.3 Å². The van der Waals surface area contributed by atoms with Gasteiger partial charge in [0.05, 0.1) is 19.9 Å². The number of para-hydroxylation sites is 1. The molecule has 5 heteroatoms. The molecule has 0 aliphatic rings. The third-order valence-corrected chi connectivity index (χ3v) is 2.89. The van der Waals surface area contributed by atoms with Crippen molar-refractivity contribution < 1.29 is 9.47 Å². The fraction of sp³-hybridized carbons (Fsp3) is 0.231. The van der Waals surface area contributed by atoms with Crippen molar-refractivity contribution in [3.8, 4) is 22.8 Å². The van der Waals surface area contributed by atoms with Crippen molar-refractivity contribution in [1.29, 1.82) is 0 Å². The number of aromatic nitrogens is 2. The summed E-state index contributed by atoms with van der Waals surface area (Å²) in [6, 6.07) is 7.55. The van der Waals surface area contributed by atoms with E-state index < -0.39 is 0 Å². The van der Waals surface area contributed by atoms with Crippen LogP contribution in [0.3, 0.4) is 0 Å². The van der Waals surface area contributed by atoms with Crippen molar-refractivity contribution in [2.75, 3.05) is 14.2 Å². The number of hydrogen-bond donors (Lipinski definition) is 0. The molecule has 18 heavy (non-hydrogen) atoms. The molecule has 0 amide bonds. The maximum Gasteiger partial charge on any atom is 0.170 e. The van der Waals surface area contributed by atoms with Gasteiger partial charge < -0.3 is 9.47 Å². The van der Waals surface area contributed by atoms with E-state index in [-0.39, 0.29) is 0 Å². The molecule has 0 spiro atoms. The molecule has 94 valence electrons. The van der Waals surface area contributed by atoms with Gasteiger partial charge in [-0.2, -0.15) is 0 Å². The van der Waals surface area contributed by atoms with Gasteiger partial charge in [-0.25, -0.2) is 9.97 Å². The molecule has 0 bridgehead atoms. The standard InChI is InChI=1S/C13H13BrN2O2/c1-8-15-10(7-12(14)16-8)9-5-4-6-11(17-2)13(9)18-3/h4-7H,1-3H3. The van der Waals surface area contributed by atoms with Crippen molar-refractivity contribution in [2.24, 2.45) is 0 Å². The Balaban J connectivity index is 2.63.